The SMILES string of the molecule is CCOP(=O)(OCC)C([NH3+])c1ccccc1. The molecule has 16 heavy (non-hydrogen) atoms. The maximum absolute atomic E-state index is 12.4. The van der Waals surface area contributed by atoms with Crippen molar-refractivity contribution in [2.75, 3.05) is 13.2 Å². The molecule has 0 amide bonds. The summed E-state index contributed by atoms with van der Waals surface area (Å²) in [6.07, 6.45) is 0. The van der Waals surface area contributed by atoms with Crippen molar-refractivity contribution in [2.24, 2.45) is 0 Å². The molecule has 1 rings (SSSR count). The predicted octanol–water partition coefficient (Wildman–Crippen LogP) is 2.19. The zero-order chi connectivity index (χ0) is 12.0. The molecule has 1 aromatic rings. The highest BCUT2D eigenvalue weighted by Gasteiger charge is 2.37. The third kappa shape index (κ3) is 3.16. The molecule has 1 aromatic carbocycles. The van der Waals surface area contributed by atoms with Gasteiger partial charge in [0.15, 0.2) is 0 Å². The average Bonchev–Trinajstić information content (AvgIpc) is 2.30. The van der Waals surface area contributed by atoms with Gasteiger partial charge in [0, 0.05) is 5.56 Å². The molecule has 0 aliphatic carbocycles. The Bertz CT molecular complexity index is 346. The highest BCUT2D eigenvalue weighted by Crippen LogP contribution is 2.57. The fourth-order valence-electron chi connectivity index (χ4n) is 1.43. The monoisotopic (exact) mass is 244 g/mol. The Labute approximate surface area is 96.3 Å². The van der Waals surface area contributed by atoms with E-state index in [2.05, 4.69) is 5.73 Å². The number of hydrogen-bond donors (Lipinski definition) is 1. The number of quaternary nitrogens is 1. The summed E-state index contributed by atoms with van der Waals surface area (Å²) in [5.41, 5.74) is 4.77. The molecular formula is C11H19NO3P+. The molecule has 0 spiro atoms. The van der Waals surface area contributed by atoms with E-state index in [-0.39, 0.29) is 0 Å². The molecule has 1 unspecified atom stereocenters. The molecule has 0 aromatic heterocycles. The molecule has 0 aliphatic rings. The first-order chi connectivity index (χ1) is 7.64. The molecule has 5 heteroatoms. The Hall–Kier alpha value is -0.670. The maximum atomic E-state index is 12.4. The lowest BCUT2D eigenvalue weighted by Gasteiger charge is -2.20. The van der Waals surface area contributed by atoms with Gasteiger partial charge in [-0.3, -0.25) is 4.57 Å². The normalized spacial score (nSPS) is 13.7. The summed E-state index contributed by atoms with van der Waals surface area (Å²) in [5, 5.41) is 0. The molecule has 0 fully saturated rings. The van der Waals surface area contributed by atoms with Crippen LogP contribution in [-0.4, -0.2) is 13.2 Å². The average molecular weight is 244 g/mol. The summed E-state index contributed by atoms with van der Waals surface area (Å²) in [5.74, 6) is -0.478. The second kappa shape index (κ2) is 6.16. The van der Waals surface area contributed by atoms with Crippen molar-refractivity contribution in [3.8, 4) is 0 Å². The minimum absolute atomic E-state index is 0.357. The van der Waals surface area contributed by atoms with Gasteiger partial charge in [-0.05, 0) is 13.8 Å². The molecular weight excluding hydrogens is 225 g/mol. The van der Waals surface area contributed by atoms with Crippen LogP contribution in [0.3, 0.4) is 0 Å². The summed E-state index contributed by atoms with van der Waals surface area (Å²) in [6, 6.07) is 9.43. The smallest absolute Gasteiger partial charge is 0.341 e. The van der Waals surface area contributed by atoms with Crippen LogP contribution in [0.1, 0.15) is 25.2 Å². The van der Waals surface area contributed by atoms with Crippen molar-refractivity contribution >= 4 is 7.60 Å². The molecule has 90 valence electrons. The van der Waals surface area contributed by atoms with Crippen LogP contribution in [-0.2, 0) is 13.6 Å². The van der Waals surface area contributed by atoms with Crippen LogP contribution in [0.25, 0.3) is 0 Å². The van der Waals surface area contributed by atoms with Crippen molar-refractivity contribution in [1.82, 2.24) is 0 Å². The Balaban J connectivity index is 2.91. The lowest BCUT2D eigenvalue weighted by Crippen LogP contribution is -2.53. The summed E-state index contributed by atoms with van der Waals surface area (Å²) >= 11 is 0. The first kappa shape index (κ1) is 13.4. The highest BCUT2D eigenvalue weighted by molar-refractivity contribution is 7.53. The Morgan fingerprint density at radius 2 is 1.69 bits per heavy atom. The first-order valence-electron chi connectivity index (χ1n) is 5.41. The van der Waals surface area contributed by atoms with Crippen LogP contribution in [0.4, 0.5) is 0 Å². The molecule has 0 saturated heterocycles. The van der Waals surface area contributed by atoms with E-state index >= 15 is 0 Å². The van der Waals surface area contributed by atoms with Crippen molar-refractivity contribution in [3.05, 3.63) is 35.9 Å². The number of rotatable bonds is 6. The van der Waals surface area contributed by atoms with Gasteiger partial charge in [0.2, 0.25) is 5.78 Å². The van der Waals surface area contributed by atoms with Gasteiger partial charge in [0.05, 0.1) is 13.2 Å². The van der Waals surface area contributed by atoms with Gasteiger partial charge in [0.25, 0.3) is 0 Å². The largest absolute Gasteiger partial charge is 0.392 e. The van der Waals surface area contributed by atoms with E-state index in [4.69, 9.17) is 9.05 Å². The molecule has 0 aliphatic heterocycles. The first-order valence-corrected chi connectivity index (χ1v) is 7.02. The topological polar surface area (TPSA) is 63.2 Å². The minimum atomic E-state index is -3.14. The van der Waals surface area contributed by atoms with Gasteiger partial charge in [-0.15, -0.1) is 0 Å². The predicted molar refractivity (Wildman–Crippen MR) is 62.9 cm³/mol. The summed E-state index contributed by atoms with van der Waals surface area (Å²) in [7, 11) is -3.14. The molecule has 4 nitrogen and oxygen atoms in total. The van der Waals surface area contributed by atoms with Crippen molar-refractivity contribution in [1.29, 1.82) is 0 Å². The molecule has 3 N–H and O–H groups in total. The molecule has 0 bridgehead atoms. The third-order valence-corrected chi connectivity index (χ3v) is 4.48. The summed E-state index contributed by atoms with van der Waals surface area (Å²) in [4.78, 5) is 0. The Morgan fingerprint density at radius 3 is 2.12 bits per heavy atom. The molecule has 1 atom stereocenters. The van der Waals surface area contributed by atoms with Crippen LogP contribution in [0.15, 0.2) is 30.3 Å². The lowest BCUT2D eigenvalue weighted by atomic mass is 10.2. The van der Waals surface area contributed by atoms with Gasteiger partial charge in [-0.1, -0.05) is 30.3 Å². The summed E-state index contributed by atoms with van der Waals surface area (Å²) < 4.78 is 22.9. The Morgan fingerprint density at radius 1 is 1.19 bits per heavy atom. The van der Waals surface area contributed by atoms with Crippen molar-refractivity contribution in [2.45, 2.75) is 19.6 Å². The standard InChI is InChI=1S/C11H18NO3P/c1-3-14-16(13,15-4-2)11(12)10-8-6-5-7-9-10/h5-9,11H,3-4,12H2,1-2H3/p+1. The lowest BCUT2D eigenvalue weighted by molar-refractivity contribution is -0.400. The van der Waals surface area contributed by atoms with Crippen LogP contribution in [0.2, 0.25) is 0 Å². The van der Waals surface area contributed by atoms with E-state index in [1.807, 2.05) is 30.3 Å². The molecule has 0 heterocycles. The van der Waals surface area contributed by atoms with Crippen LogP contribution in [0.5, 0.6) is 0 Å². The second-order valence-electron chi connectivity index (χ2n) is 3.30. The van der Waals surface area contributed by atoms with Crippen LogP contribution in [0, 0.1) is 0 Å². The van der Waals surface area contributed by atoms with Gasteiger partial charge in [0.1, 0.15) is 0 Å². The van der Waals surface area contributed by atoms with Crippen LogP contribution < -0.4 is 5.73 Å². The Kier molecular flexibility index (Phi) is 5.16. The summed E-state index contributed by atoms with van der Waals surface area (Å²) in [6.45, 7) is 4.30. The quantitative estimate of drug-likeness (QED) is 0.780. The van der Waals surface area contributed by atoms with Crippen molar-refractivity contribution in [3.63, 3.8) is 0 Å². The van der Waals surface area contributed by atoms with Gasteiger partial charge >= 0.3 is 7.60 Å². The highest BCUT2D eigenvalue weighted by atomic mass is 31.2. The fraction of sp³-hybridized carbons (Fsp3) is 0.455. The zero-order valence-electron chi connectivity index (χ0n) is 9.76. The van der Waals surface area contributed by atoms with E-state index < -0.39 is 13.4 Å². The minimum Gasteiger partial charge on any atom is -0.341 e. The van der Waals surface area contributed by atoms with E-state index in [1.165, 1.54) is 0 Å². The zero-order valence-corrected chi connectivity index (χ0v) is 10.7. The fourth-order valence-corrected chi connectivity index (χ4v) is 3.13. The second-order valence-corrected chi connectivity index (χ2v) is 5.52. The van der Waals surface area contributed by atoms with Crippen LogP contribution >= 0.6 is 7.60 Å². The van der Waals surface area contributed by atoms with E-state index in [1.54, 1.807) is 13.8 Å². The molecule has 0 saturated carbocycles. The van der Waals surface area contributed by atoms with Gasteiger partial charge in [-0.2, -0.15) is 0 Å². The van der Waals surface area contributed by atoms with E-state index in [0.717, 1.165) is 5.56 Å². The number of hydrogen-bond acceptors (Lipinski definition) is 3. The maximum Gasteiger partial charge on any atom is 0.392 e. The van der Waals surface area contributed by atoms with Gasteiger partial charge in [-0.25, -0.2) is 0 Å². The number of benzene rings is 1. The van der Waals surface area contributed by atoms with Crippen molar-refractivity contribution < 1.29 is 19.3 Å². The molecule has 0 radical (unpaired) electrons. The van der Waals surface area contributed by atoms with E-state index in [0.29, 0.717) is 13.2 Å². The third-order valence-electron chi connectivity index (χ3n) is 2.18. The van der Waals surface area contributed by atoms with E-state index in [9.17, 15) is 4.57 Å². The van der Waals surface area contributed by atoms with Gasteiger partial charge < -0.3 is 14.8 Å².